The molecule has 0 fully saturated rings. The lowest BCUT2D eigenvalue weighted by molar-refractivity contribution is 0.102. The number of aromatic nitrogens is 3. The SMILES string of the molecule is CN(CCc1ccncc1)c1ccc(C(=O)Nc2ccccc2)nn1. The van der Waals surface area contributed by atoms with Gasteiger partial charge in [0.2, 0.25) is 0 Å². The van der Waals surface area contributed by atoms with E-state index in [9.17, 15) is 4.79 Å². The summed E-state index contributed by atoms with van der Waals surface area (Å²) in [5.41, 5.74) is 2.23. The summed E-state index contributed by atoms with van der Waals surface area (Å²) in [6, 6.07) is 16.8. The van der Waals surface area contributed by atoms with Crippen molar-refractivity contribution < 1.29 is 4.79 Å². The Morgan fingerprint density at radius 1 is 1.00 bits per heavy atom. The molecular formula is C19H19N5O. The summed E-state index contributed by atoms with van der Waals surface area (Å²) < 4.78 is 0. The third kappa shape index (κ3) is 4.60. The highest BCUT2D eigenvalue weighted by Gasteiger charge is 2.10. The molecule has 0 atom stereocenters. The maximum absolute atomic E-state index is 12.2. The monoisotopic (exact) mass is 333 g/mol. The maximum Gasteiger partial charge on any atom is 0.276 e. The summed E-state index contributed by atoms with van der Waals surface area (Å²) in [7, 11) is 1.95. The molecule has 0 spiro atoms. The highest BCUT2D eigenvalue weighted by atomic mass is 16.1. The van der Waals surface area contributed by atoms with Gasteiger partial charge in [0, 0.05) is 31.7 Å². The Kier molecular flexibility index (Phi) is 5.31. The van der Waals surface area contributed by atoms with Gasteiger partial charge in [-0.1, -0.05) is 18.2 Å². The van der Waals surface area contributed by atoms with E-state index in [0.29, 0.717) is 0 Å². The number of carbonyl (C=O) groups excluding carboxylic acids is 1. The fourth-order valence-electron chi connectivity index (χ4n) is 2.33. The van der Waals surface area contributed by atoms with E-state index < -0.39 is 0 Å². The van der Waals surface area contributed by atoms with E-state index in [0.717, 1.165) is 24.5 Å². The molecule has 126 valence electrons. The fourth-order valence-corrected chi connectivity index (χ4v) is 2.33. The van der Waals surface area contributed by atoms with Crippen molar-refractivity contribution in [2.45, 2.75) is 6.42 Å². The lowest BCUT2D eigenvalue weighted by Crippen LogP contribution is -2.22. The summed E-state index contributed by atoms with van der Waals surface area (Å²) in [6.07, 6.45) is 4.46. The molecular weight excluding hydrogens is 314 g/mol. The van der Waals surface area contributed by atoms with Crippen molar-refractivity contribution in [3.8, 4) is 0 Å². The van der Waals surface area contributed by atoms with E-state index in [1.165, 1.54) is 5.56 Å². The zero-order valence-electron chi connectivity index (χ0n) is 14.0. The molecule has 6 nitrogen and oxygen atoms in total. The summed E-state index contributed by atoms with van der Waals surface area (Å²) in [6.45, 7) is 0.800. The number of amides is 1. The molecule has 3 rings (SSSR count). The first-order valence-electron chi connectivity index (χ1n) is 8.02. The van der Waals surface area contributed by atoms with Crippen molar-refractivity contribution in [1.29, 1.82) is 0 Å². The van der Waals surface area contributed by atoms with Gasteiger partial charge in [0.1, 0.15) is 0 Å². The van der Waals surface area contributed by atoms with Gasteiger partial charge in [-0.05, 0) is 48.4 Å². The minimum absolute atomic E-state index is 0.273. The van der Waals surface area contributed by atoms with Crippen LogP contribution in [0.5, 0.6) is 0 Å². The van der Waals surface area contributed by atoms with Gasteiger partial charge in [0.25, 0.3) is 5.91 Å². The number of likely N-dealkylation sites (N-methyl/N-ethyl adjacent to an activating group) is 1. The van der Waals surface area contributed by atoms with Gasteiger partial charge < -0.3 is 10.2 Å². The van der Waals surface area contributed by atoms with Crippen molar-refractivity contribution in [3.63, 3.8) is 0 Å². The second-order valence-corrected chi connectivity index (χ2v) is 5.62. The first-order chi connectivity index (χ1) is 12.2. The number of para-hydroxylation sites is 1. The summed E-state index contributed by atoms with van der Waals surface area (Å²) in [5.74, 6) is 0.454. The standard InChI is InChI=1S/C19H19N5O/c1-24(14-11-15-9-12-20-13-10-15)18-8-7-17(22-23-18)19(25)21-16-5-3-2-4-6-16/h2-10,12-13H,11,14H2,1H3,(H,21,25). The molecule has 0 saturated heterocycles. The van der Waals surface area contributed by atoms with E-state index in [4.69, 9.17) is 0 Å². The molecule has 3 aromatic rings. The molecule has 0 saturated carbocycles. The predicted octanol–water partition coefficient (Wildman–Crippen LogP) is 2.80. The van der Waals surface area contributed by atoms with Crippen molar-refractivity contribution in [3.05, 3.63) is 78.2 Å². The maximum atomic E-state index is 12.2. The molecule has 6 heteroatoms. The van der Waals surface area contributed by atoms with Crippen LogP contribution in [0.25, 0.3) is 0 Å². The summed E-state index contributed by atoms with van der Waals surface area (Å²) in [4.78, 5) is 18.2. The largest absolute Gasteiger partial charge is 0.358 e. The second kappa shape index (κ2) is 8.01. The zero-order chi connectivity index (χ0) is 17.5. The number of benzene rings is 1. The lowest BCUT2D eigenvalue weighted by Gasteiger charge is -2.17. The fraction of sp³-hybridized carbons (Fsp3) is 0.158. The number of rotatable bonds is 6. The Hall–Kier alpha value is -3.28. The molecule has 0 aliphatic carbocycles. The van der Waals surface area contributed by atoms with Crippen LogP contribution >= 0.6 is 0 Å². The van der Waals surface area contributed by atoms with E-state index in [1.54, 1.807) is 24.5 Å². The van der Waals surface area contributed by atoms with Crippen LogP contribution in [0.2, 0.25) is 0 Å². The molecule has 25 heavy (non-hydrogen) atoms. The number of pyridine rings is 1. The molecule has 1 amide bonds. The smallest absolute Gasteiger partial charge is 0.276 e. The number of carbonyl (C=O) groups is 1. The van der Waals surface area contributed by atoms with Gasteiger partial charge in [-0.2, -0.15) is 0 Å². The van der Waals surface area contributed by atoms with Crippen LogP contribution in [-0.2, 0) is 6.42 Å². The van der Waals surface area contributed by atoms with Crippen molar-refractivity contribution in [2.75, 3.05) is 23.8 Å². The number of anilines is 2. The third-order valence-electron chi connectivity index (χ3n) is 3.79. The molecule has 0 unspecified atom stereocenters. The molecule has 2 heterocycles. The number of hydrogen-bond acceptors (Lipinski definition) is 5. The molecule has 2 aromatic heterocycles. The Bertz CT molecular complexity index is 806. The predicted molar refractivity (Wildman–Crippen MR) is 97.6 cm³/mol. The van der Waals surface area contributed by atoms with Crippen LogP contribution in [0, 0.1) is 0 Å². The molecule has 0 radical (unpaired) electrons. The zero-order valence-corrected chi connectivity index (χ0v) is 14.0. The highest BCUT2D eigenvalue weighted by Crippen LogP contribution is 2.11. The average molecular weight is 333 g/mol. The minimum atomic E-state index is -0.273. The Morgan fingerprint density at radius 3 is 2.44 bits per heavy atom. The molecule has 1 N–H and O–H groups in total. The summed E-state index contributed by atoms with van der Waals surface area (Å²) >= 11 is 0. The first kappa shape index (κ1) is 16.6. The Balaban J connectivity index is 1.58. The molecule has 0 aliphatic rings. The van der Waals surface area contributed by atoms with E-state index in [-0.39, 0.29) is 11.6 Å². The van der Waals surface area contributed by atoms with Gasteiger partial charge in [0.05, 0.1) is 0 Å². The number of nitrogens with zero attached hydrogens (tertiary/aromatic N) is 4. The van der Waals surface area contributed by atoms with E-state index in [2.05, 4.69) is 20.5 Å². The normalized spacial score (nSPS) is 10.3. The van der Waals surface area contributed by atoms with E-state index >= 15 is 0 Å². The average Bonchev–Trinajstić information content (AvgIpc) is 2.68. The minimum Gasteiger partial charge on any atom is -0.358 e. The number of nitrogens with one attached hydrogen (secondary N) is 1. The third-order valence-corrected chi connectivity index (χ3v) is 3.79. The van der Waals surface area contributed by atoms with Crippen LogP contribution < -0.4 is 10.2 Å². The van der Waals surface area contributed by atoms with Crippen LogP contribution in [0.15, 0.2) is 67.0 Å². The Morgan fingerprint density at radius 2 is 1.76 bits per heavy atom. The van der Waals surface area contributed by atoms with Crippen molar-refractivity contribution >= 4 is 17.4 Å². The molecule has 0 bridgehead atoms. The van der Waals surface area contributed by atoms with Gasteiger partial charge in [0.15, 0.2) is 11.5 Å². The topological polar surface area (TPSA) is 71.0 Å². The van der Waals surface area contributed by atoms with Crippen LogP contribution in [0.4, 0.5) is 11.5 Å². The lowest BCUT2D eigenvalue weighted by atomic mass is 10.2. The highest BCUT2D eigenvalue weighted by molar-refractivity contribution is 6.02. The second-order valence-electron chi connectivity index (χ2n) is 5.62. The van der Waals surface area contributed by atoms with E-state index in [1.807, 2.05) is 54.4 Å². The van der Waals surface area contributed by atoms with Gasteiger partial charge in [-0.15, -0.1) is 10.2 Å². The number of hydrogen-bond donors (Lipinski definition) is 1. The van der Waals surface area contributed by atoms with Crippen molar-refractivity contribution in [1.82, 2.24) is 15.2 Å². The first-order valence-corrected chi connectivity index (χ1v) is 8.02. The van der Waals surface area contributed by atoms with Crippen LogP contribution in [0.1, 0.15) is 16.1 Å². The molecule has 0 aliphatic heterocycles. The molecule has 1 aromatic carbocycles. The van der Waals surface area contributed by atoms with Gasteiger partial charge in [-0.3, -0.25) is 9.78 Å². The Labute approximate surface area is 146 Å². The quantitative estimate of drug-likeness (QED) is 0.751. The van der Waals surface area contributed by atoms with Gasteiger partial charge >= 0.3 is 0 Å². The van der Waals surface area contributed by atoms with Gasteiger partial charge in [-0.25, -0.2) is 0 Å². The van der Waals surface area contributed by atoms with Crippen LogP contribution in [0.3, 0.4) is 0 Å². The summed E-state index contributed by atoms with van der Waals surface area (Å²) in [5, 5.41) is 11.0. The van der Waals surface area contributed by atoms with Crippen LogP contribution in [-0.4, -0.2) is 34.7 Å². The van der Waals surface area contributed by atoms with Crippen molar-refractivity contribution in [2.24, 2.45) is 0 Å².